The first kappa shape index (κ1) is 11.1. The van der Waals surface area contributed by atoms with Crippen LogP contribution in [0, 0.1) is 17.0 Å². The smallest absolute Gasteiger partial charge is 0.295 e. The number of rotatable bonds is 4. The molecule has 1 N–H and O–H groups in total. The standard InChI is InChI=1S/C11H11N3O3/c1-8-3-2-4-10(11(8)14(15)16)12-7-9-5-6-13-17-9/h2-6,12H,7H2,1H3. The van der Waals surface area contributed by atoms with Gasteiger partial charge in [0.2, 0.25) is 0 Å². The van der Waals surface area contributed by atoms with E-state index < -0.39 is 4.92 Å². The molecule has 0 amide bonds. The summed E-state index contributed by atoms with van der Waals surface area (Å²) in [7, 11) is 0. The molecule has 0 aliphatic carbocycles. The maximum absolute atomic E-state index is 10.9. The largest absolute Gasteiger partial charge is 0.372 e. The van der Waals surface area contributed by atoms with E-state index in [4.69, 9.17) is 4.52 Å². The Bertz CT molecular complexity index is 523. The molecule has 6 heteroatoms. The molecule has 0 bridgehead atoms. The fraction of sp³-hybridized carbons (Fsp3) is 0.182. The molecular formula is C11H11N3O3. The van der Waals surface area contributed by atoms with E-state index in [2.05, 4.69) is 10.5 Å². The number of nitrogens with zero attached hydrogens (tertiary/aromatic N) is 2. The maximum atomic E-state index is 10.9. The molecule has 0 fully saturated rings. The van der Waals surface area contributed by atoms with Gasteiger partial charge in [0.05, 0.1) is 17.7 Å². The summed E-state index contributed by atoms with van der Waals surface area (Å²) >= 11 is 0. The van der Waals surface area contributed by atoms with Gasteiger partial charge in [0.15, 0.2) is 5.76 Å². The molecule has 0 saturated heterocycles. The van der Waals surface area contributed by atoms with Crippen LogP contribution in [0.3, 0.4) is 0 Å². The Kier molecular flexibility index (Phi) is 3.04. The lowest BCUT2D eigenvalue weighted by Crippen LogP contribution is -2.03. The number of aromatic nitrogens is 1. The van der Waals surface area contributed by atoms with Gasteiger partial charge in [-0.3, -0.25) is 10.1 Å². The third-order valence-electron chi connectivity index (χ3n) is 2.36. The number of nitrogens with one attached hydrogen (secondary N) is 1. The predicted molar refractivity (Wildman–Crippen MR) is 61.7 cm³/mol. The highest BCUT2D eigenvalue weighted by Crippen LogP contribution is 2.28. The zero-order chi connectivity index (χ0) is 12.3. The van der Waals surface area contributed by atoms with E-state index >= 15 is 0 Å². The number of anilines is 1. The van der Waals surface area contributed by atoms with Gasteiger partial charge in [0.1, 0.15) is 5.69 Å². The molecule has 6 nitrogen and oxygen atoms in total. The number of aryl methyl sites for hydroxylation is 1. The lowest BCUT2D eigenvalue weighted by molar-refractivity contribution is -0.384. The van der Waals surface area contributed by atoms with Crippen molar-refractivity contribution in [3.63, 3.8) is 0 Å². The van der Waals surface area contributed by atoms with Gasteiger partial charge >= 0.3 is 0 Å². The number of benzene rings is 1. The van der Waals surface area contributed by atoms with Crippen LogP contribution < -0.4 is 5.32 Å². The predicted octanol–water partition coefficient (Wildman–Crippen LogP) is 2.50. The summed E-state index contributed by atoms with van der Waals surface area (Å²) in [6.07, 6.45) is 1.53. The van der Waals surface area contributed by atoms with Crippen LogP contribution in [0.25, 0.3) is 0 Å². The third-order valence-corrected chi connectivity index (χ3v) is 2.36. The third kappa shape index (κ3) is 2.41. The van der Waals surface area contributed by atoms with Gasteiger partial charge in [-0.05, 0) is 13.0 Å². The van der Waals surface area contributed by atoms with Crippen LogP contribution in [0.4, 0.5) is 11.4 Å². The van der Waals surface area contributed by atoms with Crippen LogP contribution in [0.1, 0.15) is 11.3 Å². The van der Waals surface area contributed by atoms with Gasteiger partial charge in [-0.15, -0.1) is 0 Å². The highest BCUT2D eigenvalue weighted by Gasteiger charge is 2.16. The number of para-hydroxylation sites is 1. The highest BCUT2D eigenvalue weighted by atomic mass is 16.6. The van der Waals surface area contributed by atoms with Crippen LogP contribution >= 0.6 is 0 Å². The SMILES string of the molecule is Cc1cccc(NCc2ccno2)c1[N+](=O)[O-]. The fourth-order valence-corrected chi connectivity index (χ4v) is 1.56. The molecule has 0 saturated carbocycles. The van der Waals surface area contributed by atoms with E-state index in [0.717, 1.165) is 0 Å². The molecule has 0 aliphatic rings. The minimum atomic E-state index is -0.391. The maximum Gasteiger partial charge on any atom is 0.295 e. The van der Waals surface area contributed by atoms with Crippen LogP contribution in [0.2, 0.25) is 0 Å². The molecule has 0 unspecified atom stereocenters. The first-order valence-corrected chi connectivity index (χ1v) is 5.06. The van der Waals surface area contributed by atoms with Crippen molar-refractivity contribution >= 4 is 11.4 Å². The summed E-state index contributed by atoms with van der Waals surface area (Å²) in [5.74, 6) is 0.626. The van der Waals surface area contributed by atoms with Gasteiger partial charge in [0, 0.05) is 11.6 Å². The Balaban J connectivity index is 2.21. The van der Waals surface area contributed by atoms with Crippen LogP contribution in [-0.4, -0.2) is 10.1 Å². The summed E-state index contributed by atoms with van der Waals surface area (Å²) in [5, 5.41) is 17.5. The molecule has 1 aromatic heterocycles. The lowest BCUT2D eigenvalue weighted by atomic mass is 10.1. The Labute approximate surface area is 97.4 Å². The van der Waals surface area contributed by atoms with E-state index in [1.807, 2.05) is 0 Å². The van der Waals surface area contributed by atoms with Crippen molar-refractivity contribution < 1.29 is 9.45 Å². The minimum absolute atomic E-state index is 0.0898. The van der Waals surface area contributed by atoms with E-state index in [9.17, 15) is 10.1 Å². The lowest BCUT2D eigenvalue weighted by Gasteiger charge is -2.06. The first-order valence-electron chi connectivity index (χ1n) is 5.06. The average molecular weight is 233 g/mol. The molecule has 1 heterocycles. The number of nitro groups is 1. The van der Waals surface area contributed by atoms with Crippen LogP contribution in [-0.2, 0) is 6.54 Å². The minimum Gasteiger partial charge on any atom is -0.372 e. The topological polar surface area (TPSA) is 81.2 Å². The molecule has 2 rings (SSSR count). The summed E-state index contributed by atoms with van der Waals surface area (Å²) in [4.78, 5) is 10.5. The van der Waals surface area contributed by atoms with Gasteiger partial charge in [0.25, 0.3) is 5.69 Å². The zero-order valence-corrected chi connectivity index (χ0v) is 9.21. The summed E-state index contributed by atoms with van der Waals surface area (Å²) in [6.45, 7) is 2.07. The van der Waals surface area contributed by atoms with Crippen molar-refractivity contribution in [3.05, 3.63) is 51.9 Å². The Hall–Kier alpha value is -2.37. The number of hydrogen-bond donors (Lipinski definition) is 1. The molecule has 2 aromatic rings. The van der Waals surface area contributed by atoms with E-state index in [1.54, 1.807) is 31.2 Å². The molecule has 0 atom stereocenters. The van der Waals surface area contributed by atoms with Crippen molar-refractivity contribution in [1.82, 2.24) is 5.16 Å². The van der Waals surface area contributed by atoms with E-state index in [0.29, 0.717) is 23.6 Å². The van der Waals surface area contributed by atoms with Crippen molar-refractivity contribution in [1.29, 1.82) is 0 Å². The second-order valence-electron chi connectivity index (χ2n) is 3.56. The fourth-order valence-electron chi connectivity index (χ4n) is 1.56. The Morgan fingerprint density at radius 3 is 2.94 bits per heavy atom. The molecule has 17 heavy (non-hydrogen) atoms. The van der Waals surface area contributed by atoms with Gasteiger partial charge in [-0.1, -0.05) is 17.3 Å². The van der Waals surface area contributed by atoms with Crippen molar-refractivity contribution in [3.8, 4) is 0 Å². The van der Waals surface area contributed by atoms with Gasteiger partial charge in [-0.25, -0.2) is 0 Å². The Morgan fingerprint density at radius 1 is 1.47 bits per heavy atom. The second kappa shape index (κ2) is 4.65. The highest BCUT2D eigenvalue weighted by molar-refractivity contribution is 5.64. The van der Waals surface area contributed by atoms with E-state index in [1.165, 1.54) is 6.20 Å². The molecule has 0 radical (unpaired) electrons. The Morgan fingerprint density at radius 2 is 2.29 bits per heavy atom. The van der Waals surface area contributed by atoms with Crippen molar-refractivity contribution in [2.24, 2.45) is 0 Å². The molecular weight excluding hydrogens is 222 g/mol. The van der Waals surface area contributed by atoms with Crippen LogP contribution in [0.5, 0.6) is 0 Å². The number of hydrogen-bond acceptors (Lipinski definition) is 5. The van der Waals surface area contributed by atoms with Gasteiger partial charge in [-0.2, -0.15) is 0 Å². The van der Waals surface area contributed by atoms with E-state index in [-0.39, 0.29) is 5.69 Å². The first-order chi connectivity index (χ1) is 8.18. The molecule has 1 aromatic carbocycles. The zero-order valence-electron chi connectivity index (χ0n) is 9.21. The summed E-state index contributed by atoms with van der Waals surface area (Å²) < 4.78 is 4.90. The van der Waals surface area contributed by atoms with Gasteiger partial charge < -0.3 is 9.84 Å². The van der Waals surface area contributed by atoms with Crippen LogP contribution in [0.15, 0.2) is 35.0 Å². The molecule has 0 aliphatic heterocycles. The van der Waals surface area contributed by atoms with Crippen molar-refractivity contribution in [2.45, 2.75) is 13.5 Å². The molecule has 88 valence electrons. The normalized spacial score (nSPS) is 10.2. The summed E-state index contributed by atoms with van der Waals surface area (Å²) in [6, 6.07) is 6.85. The second-order valence-corrected chi connectivity index (χ2v) is 3.56. The monoisotopic (exact) mass is 233 g/mol. The summed E-state index contributed by atoms with van der Waals surface area (Å²) in [5.41, 5.74) is 1.19. The van der Waals surface area contributed by atoms with Crippen molar-refractivity contribution in [2.75, 3.05) is 5.32 Å². The molecule has 0 spiro atoms. The average Bonchev–Trinajstić information content (AvgIpc) is 2.78. The quantitative estimate of drug-likeness (QED) is 0.648. The number of nitro benzene ring substituents is 1.